The smallest absolute Gasteiger partial charge is 0.238 e. The second-order valence-corrected chi connectivity index (χ2v) is 7.38. The summed E-state index contributed by atoms with van der Waals surface area (Å²) in [4.78, 5) is 41.8. The molecule has 2 amide bonds. The first kappa shape index (κ1) is 20.4. The minimum absolute atomic E-state index is 0.00874. The van der Waals surface area contributed by atoms with Gasteiger partial charge in [-0.3, -0.25) is 14.5 Å². The van der Waals surface area contributed by atoms with Crippen LogP contribution < -0.4 is 15.2 Å². The number of amidine groups is 1. The van der Waals surface area contributed by atoms with E-state index in [1.807, 2.05) is 0 Å². The highest BCUT2D eigenvalue weighted by Crippen LogP contribution is 2.29. The average Bonchev–Trinajstić information content (AvgIpc) is 2.72. The second kappa shape index (κ2) is 8.78. The molecule has 0 radical (unpaired) electrons. The van der Waals surface area contributed by atoms with Gasteiger partial charge in [0, 0.05) is 19.2 Å². The van der Waals surface area contributed by atoms with Crippen LogP contribution in [0.25, 0.3) is 0 Å². The Hall–Kier alpha value is -3.33. The summed E-state index contributed by atoms with van der Waals surface area (Å²) in [6.45, 7) is 0. The Morgan fingerprint density at radius 3 is 2.62 bits per heavy atom. The molecular formula is C20H18N3O5S-. The number of carbonyl (C=O) groups excluding carboxylic acids is 3. The number of thioether (sulfide) groups is 1. The summed E-state index contributed by atoms with van der Waals surface area (Å²) in [6, 6.07) is 12.8. The van der Waals surface area contributed by atoms with Crippen LogP contribution in [0.3, 0.4) is 0 Å². The minimum Gasteiger partial charge on any atom is -0.545 e. The molecular weight excluding hydrogens is 394 g/mol. The number of amides is 2. The molecule has 2 aromatic carbocycles. The third-order valence-corrected chi connectivity index (χ3v) is 5.47. The summed E-state index contributed by atoms with van der Waals surface area (Å²) in [5.74, 6) is -1.29. The molecule has 29 heavy (non-hydrogen) atoms. The van der Waals surface area contributed by atoms with Gasteiger partial charge in [-0.2, -0.15) is 0 Å². The molecule has 1 fully saturated rings. The van der Waals surface area contributed by atoms with E-state index >= 15 is 0 Å². The molecule has 9 heteroatoms. The Balaban J connectivity index is 1.76. The largest absolute Gasteiger partial charge is 0.545 e. The van der Waals surface area contributed by atoms with E-state index in [9.17, 15) is 19.5 Å². The Kier molecular flexibility index (Phi) is 6.18. The first-order valence-corrected chi connectivity index (χ1v) is 9.53. The summed E-state index contributed by atoms with van der Waals surface area (Å²) < 4.78 is 5.11. The van der Waals surface area contributed by atoms with Crippen LogP contribution in [0, 0.1) is 0 Å². The maximum Gasteiger partial charge on any atom is 0.238 e. The second-order valence-electron chi connectivity index (χ2n) is 6.21. The van der Waals surface area contributed by atoms with E-state index in [0.717, 1.165) is 0 Å². The number of nitrogens with zero attached hydrogens (tertiary/aromatic N) is 2. The number of benzene rings is 2. The Morgan fingerprint density at radius 1 is 1.24 bits per heavy atom. The molecule has 0 unspecified atom stereocenters. The first-order valence-electron chi connectivity index (χ1n) is 8.65. The lowest BCUT2D eigenvalue weighted by molar-refractivity contribution is -0.255. The fourth-order valence-corrected chi connectivity index (χ4v) is 3.68. The van der Waals surface area contributed by atoms with Gasteiger partial charge in [0.25, 0.3) is 0 Å². The quantitative estimate of drug-likeness (QED) is 0.799. The lowest BCUT2D eigenvalue weighted by Gasteiger charge is -2.28. The highest BCUT2D eigenvalue weighted by molar-refractivity contribution is 8.15. The molecule has 1 aliphatic heterocycles. The van der Waals surface area contributed by atoms with Crippen LogP contribution in [0.4, 0.5) is 11.4 Å². The van der Waals surface area contributed by atoms with Gasteiger partial charge in [-0.05, 0) is 42.0 Å². The molecule has 0 bridgehead atoms. The van der Waals surface area contributed by atoms with Crippen LogP contribution >= 0.6 is 11.8 Å². The number of anilines is 1. The number of ether oxygens (including phenoxy) is 1. The fourth-order valence-electron chi connectivity index (χ4n) is 2.61. The SMILES string of the molecule is COc1ccc(N=C2S[C@H](C(=O)Nc3cccc(C(=O)[O-])c3)CC(=O)N2C)cc1. The van der Waals surface area contributed by atoms with Crippen molar-refractivity contribution in [2.24, 2.45) is 4.99 Å². The molecule has 0 saturated carbocycles. The van der Waals surface area contributed by atoms with Gasteiger partial charge < -0.3 is 20.0 Å². The number of aromatic carboxylic acids is 1. The summed E-state index contributed by atoms with van der Waals surface area (Å²) in [5, 5.41) is 13.3. The van der Waals surface area contributed by atoms with Crippen molar-refractivity contribution < 1.29 is 24.2 Å². The standard InChI is InChI=1S/C20H19N3O5S/c1-23-17(24)11-16(18(25)21-14-5-3-4-12(10-14)19(26)27)29-20(23)22-13-6-8-15(28-2)9-7-13/h3-10,16H,11H2,1-2H3,(H,21,25)(H,26,27)/p-1/t16-/m0/s1. The molecule has 0 spiro atoms. The Morgan fingerprint density at radius 2 is 1.97 bits per heavy atom. The van der Waals surface area contributed by atoms with Crippen LogP contribution in [-0.2, 0) is 9.59 Å². The van der Waals surface area contributed by atoms with Crippen molar-refractivity contribution in [2.45, 2.75) is 11.7 Å². The third-order valence-electron chi connectivity index (χ3n) is 4.22. The van der Waals surface area contributed by atoms with E-state index in [4.69, 9.17) is 4.74 Å². The molecule has 1 aliphatic rings. The van der Waals surface area contributed by atoms with E-state index in [1.54, 1.807) is 44.5 Å². The number of aliphatic imine (C=N–C) groups is 1. The Bertz CT molecular complexity index is 974. The highest BCUT2D eigenvalue weighted by atomic mass is 32.2. The van der Waals surface area contributed by atoms with Gasteiger partial charge >= 0.3 is 0 Å². The lowest BCUT2D eigenvalue weighted by Crippen LogP contribution is -2.43. The van der Waals surface area contributed by atoms with E-state index in [-0.39, 0.29) is 17.9 Å². The van der Waals surface area contributed by atoms with Crippen molar-refractivity contribution >= 4 is 46.1 Å². The van der Waals surface area contributed by atoms with Crippen molar-refractivity contribution in [1.82, 2.24) is 4.90 Å². The fraction of sp³-hybridized carbons (Fsp3) is 0.200. The molecule has 8 nitrogen and oxygen atoms in total. The Labute approximate surface area is 171 Å². The average molecular weight is 412 g/mol. The van der Waals surface area contributed by atoms with Crippen molar-refractivity contribution in [3.05, 3.63) is 54.1 Å². The molecule has 1 heterocycles. The van der Waals surface area contributed by atoms with E-state index in [0.29, 0.717) is 22.3 Å². The van der Waals surface area contributed by atoms with Crippen LogP contribution in [0.15, 0.2) is 53.5 Å². The summed E-state index contributed by atoms with van der Waals surface area (Å²) in [6.07, 6.45) is 0.00874. The minimum atomic E-state index is -1.33. The van der Waals surface area contributed by atoms with Gasteiger partial charge in [-0.25, -0.2) is 4.99 Å². The van der Waals surface area contributed by atoms with Gasteiger partial charge in [0.1, 0.15) is 11.0 Å². The third kappa shape index (κ3) is 4.94. The number of hydrogen-bond donors (Lipinski definition) is 1. The molecule has 3 rings (SSSR count). The molecule has 150 valence electrons. The zero-order chi connectivity index (χ0) is 21.0. The predicted octanol–water partition coefficient (Wildman–Crippen LogP) is 1.65. The topological polar surface area (TPSA) is 111 Å². The van der Waals surface area contributed by atoms with E-state index in [1.165, 1.54) is 34.9 Å². The maximum atomic E-state index is 12.6. The maximum absolute atomic E-state index is 12.6. The van der Waals surface area contributed by atoms with Gasteiger partial charge in [0.05, 0.1) is 18.8 Å². The number of methoxy groups -OCH3 is 1. The van der Waals surface area contributed by atoms with Crippen LogP contribution in [0.2, 0.25) is 0 Å². The zero-order valence-corrected chi connectivity index (χ0v) is 16.6. The molecule has 2 aromatic rings. The van der Waals surface area contributed by atoms with E-state index in [2.05, 4.69) is 10.3 Å². The molecule has 0 aromatic heterocycles. The normalized spacial score (nSPS) is 17.9. The predicted molar refractivity (Wildman–Crippen MR) is 108 cm³/mol. The summed E-state index contributed by atoms with van der Waals surface area (Å²) in [5.41, 5.74) is 0.893. The van der Waals surface area contributed by atoms with Crippen molar-refractivity contribution in [3.8, 4) is 5.75 Å². The van der Waals surface area contributed by atoms with Crippen LogP contribution in [0.1, 0.15) is 16.8 Å². The number of carboxylic acids is 1. The number of carboxylic acid groups (broad SMARTS) is 1. The first-order chi connectivity index (χ1) is 13.9. The van der Waals surface area contributed by atoms with Crippen molar-refractivity contribution in [3.63, 3.8) is 0 Å². The van der Waals surface area contributed by atoms with Gasteiger partial charge in [0.15, 0.2) is 5.17 Å². The zero-order valence-electron chi connectivity index (χ0n) is 15.7. The number of carbonyl (C=O) groups is 3. The molecule has 1 saturated heterocycles. The van der Waals surface area contributed by atoms with Gasteiger partial charge in [-0.1, -0.05) is 23.9 Å². The van der Waals surface area contributed by atoms with Crippen LogP contribution in [-0.4, -0.2) is 47.3 Å². The number of rotatable bonds is 5. The van der Waals surface area contributed by atoms with Crippen molar-refractivity contribution in [1.29, 1.82) is 0 Å². The summed E-state index contributed by atoms with van der Waals surface area (Å²) >= 11 is 1.17. The van der Waals surface area contributed by atoms with Crippen molar-refractivity contribution in [2.75, 3.05) is 19.5 Å². The monoisotopic (exact) mass is 412 g/mol. The molecule has 1 N–H and O–H groups in total. The number of nitrogens with one attached hydrogen (secondary N) is 1. The lowest BCUT2D eigenvalue weighted by atomic mass is 10.2. The highest BCUT2D eigenvalue weighted by Gasteiger charge is 2.34. The van der Waals surface area contributed by atoms with Gasteiger partial charge in [0.2, 0.25) is 11.8 Å². The summed E-state index contributed by atoms with van der Waals surface area (Å²) in [7, 11) is 3.17. The number of hydrogen-bond acceptors (Lipinski definition) is 7. The van der Waals surface area contributed by atoms with Gasteiger partial charge in [-0.15, -0.1) is 0 Å². The van der Waals surface area contributed by atoms with Crippen LogP contribution in [0.5, 0.6) is 5.75 Å². The van der Waals surface area contributed by atoms with E-state index < -0.39 is 17.1 Å². The molecule has 0 aliphatic carbocycles. The molecule has 1 atom stereocenters.